The second-order valence-electron chi connectivity index (χ2n) is 6.92. The Bertz CT molecular complexity index is 886. The van der Waals surface area contributed by atoms with Crippen LogP contribution in [0.2, 0.25) is 0 Å². The standard InChI is InChI=1S/C23H29N5O2.HI/c1-3-14-30-21-7-5-4-6-19(21)16-27-23(24-2)26-15-18-8-10-20(11-9-18)28-13-12-25-22(29)17-28;/h3-11H,1,12-17H2,2H3,(H,25,29)(H2,24,26,27);1H. The molecule has 1 heterocycles. The highest BCUT2D eigenvalue weighted by molar-refractivity contribution is 14.0. The van der Waals surface area contributed by atoms with Gasteiger partial charge in [-0.25, -0.2) is 0 Å². The van der Waals surface area contributed by atoms with E-state index in [1.165, 1.54) is 0 Å². The lowest BCUT2D eigenvalue weighted by Gasteiger charge is -2.28. The molecule has 31 heavy (non-hydrogen) atoms. The van der Waals surface area contributed by atoms with Gasteiger partial charge in [-0.2, -0.15) is 0 Å². The van der Waals surface area contributed by atoms with Gasteiger partial charge in [0.25, 0.3) is 0 Å². The number of hydrogen-bond donors (Lipinski definition) is 3. The summed E-state index contributed by atoms with van der Waals surface area (Å²) in [6, 6.07) is 16.2. The van der Waals surface area contributed by atoms with E-state index in [9.17, 15) is 4.79 Å². The fraction of sp³-hybridized carbons (Fsp3) is 0.304. The predicted molar refractivity (Wildman–Crippen MR) is 136 cm³/mol. The molecule has 7 nitrogen and oxygen atoms in total. The van der Waals surface area contributed by atoms with Gasteiger partial charge in [0.15, 0.2) is 5.96 Å². The molecule has 2 aromatic carbocycles. The zero-order valence-electron chi connectivity index (χ0n) is 17.8. The van der Waals surface area contributed by atoms with Gasteiger partial charge in [-0.3, -0.25) is 9.79 Å². The zero-order valence-corrected chi connectivity index (χ0v) is 20.1. The molecule has 1 aliphatic heterocycles. The van der Waals surface area contributed by atoms with Gasteiger partial charge >= 0.3 is 0 Å². The first-order chi connectivity index (χ1) is 14.7. The summed E-state index contributed by atoms with van der Waals surface area (Å²) in [4.78, 5) is 17.9. The van der Waals surface area contributed by atoms with Gasteiger partial charge in [0.1, 0.15) is 12.4 Å². The summed E-state index contributed by atoms with van der Waals surface area (Å²) in [5, 5.41) is 9.50. The molecule has 2 aromatic rings. The summed E-state index contributed by atoms with van der Waals surface area (Å²) >= 11 is 0. The molecular weight excluding hydrogens is 505 g/mol. The van der Waals surface area contributed by atoms with E-state index in [1.54, 1.807) is 13.1 Å². The molecule has 0 atom stereocenters. The summed E-state index contributed by atoms with van der Waals surface area (Å²) < 4.78 is 5.70. The van der Waals surface area contributed by atoms with Crippen molar-refractivity contribution in [3.8, 4) is 5.75 Å². The molecule has 0 aliphatic carbocycles. The van der Waals surface area contributed by atoms with Gasteiger partial charge in [0.05, 0.1) is 6.54 Å². The van der Waals surface area contributed by atoms with Crippen molar-refractivity contribution in [2.75, 3.05) is 38.2 Å². The number of amides is 1. The quantitative estimate of drug-likeness (QED) is 0.210. The number of nitrogens with one attached hydrogen (secondary N) is 3. The van der Waals surface area contributed by atoms with Crippen molar-refractivity contribution < 1.29 is 9.53 Å². The number of anilines is 1. The predicted octanol–water partition coefficient (Wildman–Crippen LogP) is 2.67. The van der Waals surface area contributed by atoms with Crippen molar-refractivity contribution in [1.82, 2.24) is 16.0 Å². The van der Waals surface area contributed by atoms with Gasteiger partial charge < -0.3 is 25.6 Å². The van der Waals surface area contributed by atoms with E-state index >= 15 is 0 Å². The van der Waals surface area contributed by atoms with Crippen LogP contribution >= 0.6 is 24.0 Å². The third-order valence-electron chi connectivity index (χ3n) is 4.80. The van der Waals surface area contributed by atoms with Crippen LogP contribution in [0.5, 0.6) is 5.75 Å². The smallest absolute Gasteiger partial charge is 0.239 e. The molecule has 166 valence electrons. The average molecular weight is 535 g/mol. The number of aliphatic imine (C=N–C) groups is 1. The first kappa shape index (κ1) is 24.5. The maximum absolute atomic E-state index is 11.6. The number of carbonyl (C=O) groups is 1. The van der Waals surface area contributed by atoms with Crippen LogP contribution in [0.25, 0.3) is 0 Å². The SMILES string of the molecule is C=CCOc1ccccc1CNC(=NC)NCc1ccc(N2CCNC(=O)C2)cc1.I. The van der Waals surface area contributed by atoms with Crippen molar-refractivity contribution in [3.63, 3.8) is 0 Å². The molecule has 3 N–H and O–H groups in total. The maximum atomic E-state index is 11.6. The lowest BCUT2D eigenvalue weighted by molar-refractivity contribution is -0.120. The number of benzene rings is 2. The van der Waals surface area contributed by atoms with Crippen molar-refractivity contribution in [1.29, 1.82) is 0 Å². The number of rotatable bonds is 8. The Balaban J connectivity index is 0.00000341. The largest absolute Gasteiger partial charge is 0.489 e. The van der Waals surface area contributed by atoms with Crippen LogP contribution in [0.1, 0.15) is 11.1 Å². The molecule has 1 aliphatic rings. The van der Waals surface area contributed by atoms with Gasteiger partial charge in [0, 0.05) is 44.5 Å². The minimum absolute atomic E-state index is 0. The molecule has 1 saturated heterocycles. The van der Waals surface area contributed by atoms with Gasteiger partial charge in [0.2, 0.25) is 5.91 Å². The van der Waals surface area contributed by atoms with Crippen LogP contribution < -0.4 is 25.6 Å². The molecular formula is C23H30IN5O2. The summed E-state index contributed by atoms with van der Waals surface area (Å²) in [6.45, 7) is 7.34. The maximum Gasteiger partial charge on any atom is 0.239 e. The van der Waals surface area contributed by atoms with E-state index in [1.807, 2.05) is 24.3 Å². The Labute approximate surface area is 201 Å². The van der Waals surface area contributed by atoms with E-state index in [2.05, 4.69) is 56.7 Å². The van der Waals surface area contributed by atoms with E-state index in [0.29, 0.717) is 38.7 Å². The molecule has 3 rings (SSSR count). The monoisotopic (exact) mass is 535 g/mol. The van der Waals surface area contributed by atoms with Crippen LogP contribution in [0.4, 0.5) is 5.69 Å². The van der Waals surface area contributed by atoms with Gasteiger partial charge in [-0.15, -0.1) is 24.0 Å². The Hall–Kier alpha value is -2.75. The molecule has 0 unspecified atom stereocenters. The summed E-state index contributed by atoms with van der Waals surface area (Å²) in [5.41, 5.74) is 3.25. The van der Waals surface area contributed by atoms with Gasteiger partial charge in [-0.1, -0.05) is 43.0 Å². The Morgan fingerprint density at radius 3 is 2.65 bits per heavy atom. The minimum Gasteiger partial charge on any atom is -0.489 e. The summed E-state index contributed by atoms with van der Waals surface area (Å²) in [7, 11) is 1.75. The topological polar surface area (TPSA) is 78.0 Å². The molecule has 0 saturated carbocycles. The highest BCUT2D eigenvalue weighted by Gasteiger charge is 2.16. The number of piperazine rings is 1. The number of ether oxygens (including phenoxy) is 1. The average Bonchev–Trinajstić information content (AvgIpc) is 2.79. The number of hydrogen-bond acceptors (Lipinski definition) is 4. The fourth-order valence-electron chi connectivity index (χ4n) is 3.21. The minimum atomic E-state index is 0. The van der Waals surface area contributed by atoms with Gasteiger partial charge in [-0.05, 0) is 23.8 Å². The highest BCUT2D eigenvalue weighted by atomic mass is 127. The molecule has 1 amide bonds. The Morgan fingerprint density at radius 1 is 1.19 bits per heavy atom. The van der Waals surface area contributed by atoms with Crippen molar-refractivity contribution in [2.45, 2.75) is 13.1 Å². The summed E-state index contributed by atoms with van der Waals surface area (Å²) in [6.07, 6.45) is 1.73. The third kappa shape index (κ3) is 7.46. The summed E-state index contributed by atoms with van der Waals surface area (Å²) in [5.74, 6) is 1.62. The number of halogens is 1. The Kier molecular flexibility index (Phi) is 10.2. The number of nitrogens with zero attached hydrogens (tertiary/aromatic N) is 2. The Morgan fingerprint density at radius 2 is 1.94 bits per heavy atom. The van der Waals surface area contributed by atoms with Crippen LogP contribution in [0.3, 0.4) is 0 Å². The van der Waals surface area contributed by atoms with Crippen molar-refractivity contribution in [2.24, 2.45) is 4.99 Å². The van der Waals surface area contributed by atoms with E-state index in [4.69, 9.17) is 4.74 Å². The van der Waals surface area contributed by atoms with E-state index in [0.717, 1.165) is 29.1 Å². The van der Waals surface area contributed by atoms with Crippen molar-refractivity contribution >= 4 is 41.5 Å². The third-order valence-corrected chi connectivity index (χ3v) is 4.80. The van der Waals surface area contributed by atoms with Crippen LogP contribution in [0, 0.1) is 0 Å². The lowest BCUT2D eigenvalue weighted by Crippen LogP contribution is -2.47. The van der Waals surface area contributed by atoms with Crippen LogP contribution in [-0.4, -0.2) is 45.2 Å². The first-order valence-electron chi connectivity index (χ1n) is 10.1. The molecule has 0 aromatic heterocycles. The fourth-order valence-corrected chi connectivity index (χ4v) is 3.21. The van der Waals surface area contributed by atoms with Crippen LogP contribution in [0.15, 0.2) is 66.2 Å². The number of guanidine groups is 1. The second kappa shape index (κ2) is 12.8. The number of carbonyl (C=O) groups excluding carboxylic acids is 1. The number of para-hydroxylation sites is 1. The second-order valence-corrected chi connectivity index (χ2v) is 6.92. The lowest BCUT2D eigenvalue weighted by atomic mass is 10.2. The van der Waals surface area contributed by atoms with E-state index < -0.39 is 0 Å². The first-order valence-corrected chi connectivity index (χ1v) is 10.1. The zero-order chi connectivity index (χ0) is 21.2. The molecule has 0 spiro atoms. The highest BCUT2D eigenvalue weighted by Crippen LogP contribution is 2.18. The normalized spacial score (nSPS) is 13.6. The molecule has 0 radical (unpaired) electrons. The molecule has 1 fully saturated rings. The van der Waals surface area contributed by atoms with E-state index in [-0.39, 0.29) is 29.9 Å². The molecule has 8 heteroatoms. The molecule has 0 bridgehead atoms. The van der Waals surface area contributed by atoms with Crippen LogP contribution in [-0.2, 0) is 17.9 Å². The van der Waals surface area contributed by atoms with Crippen molar-refractivity contribution in [3.05, 3.63) is 72.3 Å².